The second-order valence-electron chi connectivity index (χ2n) is 16.7. The third kappa shape index (κ3) is 6.72. The number of carbonyl (C=O) groups excluding carboxylic acids is 2. The molecule has 304 valence electrons. The van der Waals surface area contributed by atoms with Gasteiger partial charge in [0.2, 0.25) is 22.9 Å². The largest absolute Gasteiger partial charge is 0.506 e. The number of carbonyl (C=O) groups is 4. The Kier molecular flexibility index (Phi) is 10.4. The number of fused-ring (bicyclic) bond motifs is 2. The summed E-state index contributed by atoms with van der Waals surface area (Å²) in [4.78, 5) is 52.3. The number of unbranched alkanes of at least 4 members (excludes halogenated alkanes) is 1. The van der Waals surface area contributed by atoms with Crippen LogP contribution in [-0.4, -0.2) is 91.2 Å². The van der Waals surface area contributed by atoms with E-state index in [-0.39, 0.29) is 57.4 Å². The van der Waals surface area contributed by atoms with E-state index < -0.39 is 22.8 Å². The van der Waals surface area contributed by atoms with Crippen molar-refractivity contribution in [1.29, 1.82) is 0 Å². The first-order valence-electron chi connectivity index (χ1n) is 20.2. The van der Waals surface area contributed by atoms with Gasteiger partial charge in [0.25, 0.3) is 0 Å². The average molecular weight is 798 g/mol. The highest BCUT2D eigenvalue weighted by Gasteiger charge is 2.49. The lowest BCUT2D eigenvalue weighted by molar-refractivity contribution is -0.438. The van der Waals surface area contributed by atoms with Crippen molar-refractivity contribution in [2.45, 2.75) is 78.1 Å². The van der Waals surface area contributed by atoms with E-state index in [0.29, 0.717) is 37.2 Å². The fourth-order valence-corrected chi connectivity index (χ4v) is 8.86. The fraction of sp³-hybridized carbons (Fsp3) is 0.333. The van der Waals surface area contributed by atoms with Crippen molar-refractivity contribution in [2.75, 3.05) is 31.6 Å². The standard InChI is InChI=1S/C48H49N3O8/c1-8-10-22-51-36-19-15-28(41-44(56)31(45(41)57)25-37-47(3,4)34-24-29(46(58)59)16-20-35(34)50(37)9-2)23-33(36)48(5,6)38(51)26-32-42(54)40(43(32)55)27-13-17-30(18-14-27)49(7)21-11-12-39(52)53/h13-20,23-26H,8-12,21-22H2,1-7H3,(H2-2,52,53,54,55,56,57,58,59)/p+2. The molecule has 0 aromatic heterocycles. The number of rotatable bonds is 14. The molecular weight excluding hydrogens is 747 g/mol. The molecule has 0 unspecified atom stereocenters. The Labute approximate surface area is 344 Å². The number of carboxylic acids is 2. The smallest absolute Gasteiger partial charge is 0.335 e. The lowest BCUT2D eigenvalue weighted by Gasteiger charge is -2.25. The zero-order valence-corrected chi connectivity index (χ0v) is 34.6. The summed E-state index contributed by atoms with van der Waals surface area (Å²) in [6.45, 7) is 14.0. The summed E-state index contributed by atoms with van der Waals surface area (Å²) in [5.74, 6) is -2.56. The van der Waals surface area contributed by atoms with Crippen molar-refractivity contribution in [3.05, 3.63) is 123 Å². The van der Waals surface area contributed by atoms with Crippen molar-refractivity contribution in [1.82, 2.24) is 0 Å². The van der Waals surface area contributed by atoms with Gasteiger partial charge in [0.1, 0.15) is 24.6 Å². The fourth-order valence-electron chi connectivity index (χ4n) is 8.86. The van der Waals surface area contributed by atoms with Crippen LogP contribution in [0.25, 0.3) is 11.1 Å². The summed E-state index contributed by atoms with van der Waals surface area (Å²) in [6.07, 6.45) is 5.92. The van der Waals surface area contributed by atoms with E-state index in [9.17, 15) is 34.5 Å². The molecule has 0 spiro atoms. The lowest BCUT2D eigenvalue weighted by Crippen LogP contribution is -2.31. The number of nitrogens with zero attached hydrogens (tertiary/aromatic N) is 3. The van der Waals surface area contributed by atoms with Crippen molar-refractivity contribution >= 4 is 63.1 Å². The van der Waals surface area contributed by atoms with Crippen LogP contribution in [0.1, 0.15) is 99.8 Å². The maximum atomic E-state index is 13.9. The first-order valence-corrected chi connectivity index (χ1v) is 20.2. The molecule has 0 amide bonds. The van der Waals surface area contributed by atoms with Crippen LogP contribution in [0.5, 0.6) is 0 Å². The minimum Gasteiger partial charge on any atom is -0.506 e. The summed E-state index contributed by atoms with van der Waals surface area (Å²) in [7, 11) is 1.88. The number of carboxylic acid groups (broad SMARTS) is 2. The molecule has 0 atom stereocenters. The van der Waals surface area contributed by atoms with Crippen LogP contribution in [0, 0.1) is 0 Å². The summed E-state index contributed by atoms with van der Waals surface area (Å²) in [5.41, 5.74) is 7.08. The average Bonchev–Trinajstić information content (AvgIpc) is 3.55. The van der Waals surface area contributed by atoms with Crippen molar-refractivity contribution in [3.8, 4) is 0 Å². The molecule has 4 aliphatic rings. The Hall–Kier alpha value is -6.36. The van der Waals surface area contributed by atoms with Gasteiger partial charge in [-0.2, -0.15) is 9.15 Å². The van der Waals surface area contributed by atoms with Crippen molar-refractivity contribution in [3.63, 3.8) is 0 Å². The number of anilines is 1. The summed E-state index contributed by atoms with van der Waals surface area (Å²) in [6, 6.07) is 18.1. The highest BCUT2D eigenvalue weighted by Crippen LogP contribution is 2.47. The summed E-state index contributed by atoms with van der Waals surface area (Å²) < 4.78 is 4.23. The van der Waals surface area contributed by atoms with Gasteiger partial charge in [0, 0.05) is 67.5 Å². The van der Waals surface area contributed by atoms with E-state index in [0.717, 1.165) is 52.5 Å². The van der Waals surface area contributed by atoms with Crippen LogP contribution in [0.3, 0.4) is 0 Å². The number of benzene rings is 3. The molecule has 0 bridgehead atoms. The van der Waals surface area contributed by atoms with E-state index in [2.05, 4.69) is 25.3 Å². The summed E-state index contributed by atoms with van der Waals surface area (Å²) in [5, 5.41) is 41.4. The first-order chi connectivity index (χ1) is 27.9. The van der Waals surface area contributed by atoms with Gasteiger partial charge in [0.15, 0.2) is 11.4 Å². The molecule has 7 rings (SSSR count). The number of aliphatic hydroxyl groups excluding tert-OH is 2. The molecule has 2 heterocycles. The van der Waals surface area contributed by atoms with E-state index in [1.807, 2.05) is 67.6 Å². The van der Waals surface area contributed by atoms with E-state index in [1.165, 1.54) is 0 Å². The Morgan fingerprint density at radius 3 is 1.78 bits per heavy atom. The minimum atomic E-state index is -1.01. The quantitative estimate of drug-likeness (QED) is 0.0932. The number of hydrogen-bond acceptors (Lipinski definition) is 7. The third-order valence-electron chi connectivity index (χ3n) is 12.3. The maximum Gasteiger partial charge on any atom is 0.335 e. The second kappa shape index (κ2) is 15.1. The molecule has 2 aliphatic heterocycles. The van der Waals surface area contributed by atoms with E-state index in [1.54, 1.807) is 42.5 Å². The molecule has 11 heteroatoms. The molecule has 2 aliphatic carbocycles. The normalized spacial score (nSPS) is 19.1. The van der Waals surface area contributed by atoms with Gasteiger partial charge in [-0.1, -0.05) is 25.5 Å². The van der Waals surface area contributed by atoms with Gasteiger partial charge in [0.05, 0.1) is 38.7 Å². The minimum absolute atomic E-state index is 0.0715. The van der Waals surface area contributed by atoms with Gasteiger partial charge in [-0.15, -0.1) is 0 Å². The molecule has 0 saturated heterocycles. The van der Waals surface area contributed by atoms with E-state index >= 15 is 0 Å². The topological polar surface area (TPSA) is 158 Å². The number of aliphatic carboxylic acids is 1. The molecule has 3 aromatic carbocycles. The van der Waals surface area contributed by atoms with Crippen LogP contribution < -0.4 is 4.90 Å². The predicted octanol–water partition coefficient (Wildman–Crippen LogP) is 8.22. The molecule has 0 saturated carbocycles. The van der Waals surface area contributed by atoms with Gasteiger partial charge in [-0.25, -0.2) is 4.79 Å². The Bertz CT molecular complexity index is 2560. The van der Waals surface area contributed by atoms with E-state index in [4.69, 9.17) is 5.11 Å². The Morgan fingerprint density at radius 2 is 1.24 bits per heavy atom. The number of hydrogen-bond donors (Lipinski definition) is 4. The van der Waals surface area contributed by atoms with Gasteiger partial charge < -0.3 is 25.3 Å². The molecule has 3 aromatic rings. The van der Waals surface area contributed by atoms with Crippen LogP contribution in [-0.2, 0) is 25.2 Å². The number of ketones is 2. The lowest BCUT2D eigenvalue weighted by atomic mass is 9.75. The Morgan fingerprint density at radius 1 is 0.712 bits per heavy atom. The van der Waals surface area contributed by atoms with Crippen LogP contribution >= 0.6 is 0 Å². The molecule has 0 radical (unpaired) electrons. The van der Waals surface area contributed by atoms with Gasteiger partial charge in [-0.05, 0) is 88.6 Å². The predicted molar refractivity (Wildman–Crippen MR) is 228 cm³/mol. The maximum absolute atomic E-state index is 13.9. The molecule has 0 fully saturated rings. The number of allylic oxidation sites excluding steroid dienone is 6. The highest BCUT2D eigenvalue weighted by atomic mass is 16.4. The summed E-state index contributed by atoms with van der Waals surface area (Å²) >= 11 is 0. The molecule has 4 N–H and O–H groups in total. The van der Waals surface area contributed by atoms with Gasteiger partial charge in [-0.3, -0.25) is 14.4 Å². The zero-order chi connectivity index (χ0) is 42.7. The molecule has 59 heavy (non-hydrogen) atoms. The van der Waals surface area contributed by atoms with Crippen LogP contribution in [0.2, 0.25) is 0 Å². The number of aromatic carboxylic acids is 1. The Balaban J connectivity index is 1.18. The number of Topliss-reactive ketones (excluding diaryl/α,β-unsaturated/α-hetero) is 2. The monoisotopic (exact) mass is 797 g/mol. The van der Waals surface area contributed by atoms with Crippen molar-refractivity contribution < 1.29 is 48.8 Å². The molecule has 11 nitrogen and oxygen atoms in total. The highest BCUT2D eigenvalue weighted by molar-refractivity contribution is 6.41. The molecular formula is C48H51N3O8+2. The van der Waals surface area contributed by atoms with Crippen LogP contribution in [0.15, 0.2) is 95.5 Å². The second-order valence-corrected chi connectivity index (χ2v) is 16.7. The zero-order valence-electron chi connectivity index (χ0n) is 34.6. The van der Waals surface area contributed by atoms with Crippen LogP contribution in [0.4, 0.5) is 17.1 Å². The number of aliphatic hydroxyl groups is 2. The third-order valence-corrected chi connectivity index (χ3v) is 12.3. The SMILES string of the molecule is CCCC[N+]1=C(C=C2C(=O)C(c3ccc(N(C)CCCC(=O)O)cc3)=C2O)C(C)(C)c2cc(C3=C(O)C(=CC4=[N+](CC)c5ccc(C(=O)O)cc5C4(C)C)C3=O)ccc21. The van der Waals surface area contributed by atoms with Crippen molar-refractivity contribution in [2.24, 2.45) is 0 Å². The first kappa shape index (κ1) is 40.8. The van der Waals surface area contributed by atoms with Gasteiger partial charge >= 0.3 is 11.9 Å².